The number of benzene rings is 1. The quantitative estimate of drug-likeness (QED) is 0.504. The number of aliphatic carboxylic acids is 1. The molecule has 3 heterocycles. The molecule has 0 spiro atoms. The molecule has 0 radical (unpaired) electrons. The van der Waals surface area contributed by atoms with Gasteiger partial charge < -0.3 is 15.2 Å². The summed E-state index contributed by atoms with van der Waals surface area (Å²) in [6.07, 6.45) is 3.90. The Bertz CT molecular complexity index is 1140. The van der Waals surface area contributed by atoms with Gasteiger partial charge in [-0.05, 0) is 44.0 Å². The van der Waals surface area contributed by atoms with Crippen molar-refractivity contribution < 1.29 is 23.8 Å². The number of amidine groups is 1. The number of aliphatic imine (C=N–C) groups is 1. The number of carboxylic acid groups (broad SMARTS) is 1. The van der Waals surface area contributed by atoms with Gasteiger partial charge in [0.2, 0.25) is 0 Å². The molecule has 2 aromatic rings. The highest BCUT2D eigenvalue weighted by Gasteiger charge is 2.36. The topological polar surface area (TPSA) is 104 Å². The predicted molar refractivity (Wildman–Crippen MR) is 129 cm³/mol. The van der Waals surface area contributed by atoms with Crippen molar-refractivity contribution >= 4 is 45.0 Å². The lowest BCUT2D eigenvalue weighted by molar-refractivity contribution is -0.144. The van der Waals surface area contributed by atoms with Crippen LogP contribution in [0.3, 0.4) is 0 Å². The number of carbonyl (C=O) groups excluding carboxylic acids is 1. The molecule has 1 aromatic carbocycles. The van der Waals surface area contributed by atoms with Gasteiger partial charge in [0.15, 0.2) is 10.8 Å². The highest BCUT2D eigenvalue weighted by Crippen LogP contribution is 2.37. The average molecular weight is 551 g/mol. The Morgan fingerprint density at radius 2 is 2.21 bits per heavy atom. The van der Waals surface area contributed by atoms with Crippen LogP contribution in [-0.4, -0.2) is 58.5 Å². The number of carboxylic acids is 1. The van der Waals surface area contributed by atoms with E-state index >= 15 is 0 Å². The fraction of sp³-hybridized carbons (Fsp3) is 0.391. The molecule has 0 aliphatic carbocycles. The van der Waals surface area contributed by atoms with Crippen molar-refractivity contribution in [1.82, 2.24) is 15.2 Å². The van der Waals surface area contributed by atoms with E-state index in [0.717, 1.165) is 12.8 Å². The fourth-order valence-corrected chi connectivity index (χ4v) is 5.39. The lowest BCUT2D eigenvalue weighted by Gasteiger charge is -2.36. The van der Waals surface area contributed by atoms with E-state index in [9.17, 15) is 19.1 Å². The second kappa shape index (κ2) is 10.7. The van der Waals surface area contributed by atoms with Gasteiger partial charge in [0.25, 0.3) is 0 Å². The van der Waals surface area contributed by atoms with Crippen molar-refractivity contribution in [3.63, 3.8) is 0 Å². The van der Waals surface area contributed by atoms with Crippen molar-refractivity contribution in [2.45, 2.75) is 38.3 Å². The Morgan fingerprint density at radius 3 is 2.88 bits per heavy atom. The zero-order valence-electron chi connectivity index (χ0n) is 18.5. The molecule has 0 amide bonds. The Balaban J connectivity index is 1.83. The summed E-state index contributed by atoms with van der Waals surface area (Å²) in [5.74, 6) is -1.41. The summed E-state index contributed by atoms with van der Waals surface area (Å²) in [6.45, 7) is 2.67. The van der Waals surface area contributed by atoms with E-state index in [-0.39, 0.29) is 18.7 Å². The lowest BCUT2D eigenvalue weighted by Crippen LogP contribution is -2.48. The first-order valence-electron chi connectivity index (χ1n) is 11.0. The minimum atomic E-state index is -0.888. The van der Waals surface area contributed by atoms with E-state index < -0.39 is 29.8 Å². The maximum absolute atomic E-state index is 13.8. The number of nitrogens with zero attached hydrogens (tertiary/aromatic N) is 3. The van der Waals surface area contributed by atoms with Crippen LogP contribution in [-0.2, 0) is 14.3 Å². The Hall–Kier alpha value is -2.63. The number of thiazole rings is 1. The van der Waals surface area contributed by atoms with Crippen LogP contribution in [0.1, 0.15) is 42.8 Å². The van der Waals surface area contributed by atoms with E-state index in [2.05, 4.69) is 26.2 Å². The van der Waals surface area contributed by atoms with Gasteiger partial charge in [-0.1, -0.05) is 28.4 Å². The lowest BCUT2D eigenvalue weighted by atomic mass is 9.94. The third-order valence-electron chi connectivity index (χ3n) is 5.77. The summed E-state index contributed by atoms with van der Waals surface area (Å²) in [5.41, 5.74) is 1.36. The molecular formula is C23H24BrFN4O4S. The minimum absolute atomic E-state index is 0.164. The average Bonchev–Trinajstić information content (AvgIpc) is 3.34. The van der Waals surface area contributed by atoms with Gasteiger partial charge >= 0.3 is 11.9 Å². The van der Waals surface area contributed by atoms with Crippen LogP contribution in [0.4, 0.5) is 4.39 Å². The summed E-state index contributed by atoms with van der Waals surface area (Å²) >= 11 is 4.79. The zero-order valence-corrected chi connectivity index (χ0v) is 20.9. The van der Waals surface area contributed by atoms with Crippen LogP contribution < -0.4 is 5.32 Å². The number of halogens is 2. The standard InChI is InChI=1S/C23H24BrFN4O4S/c1-2-33-23(32)18-16(12-29-9-4-3-5-17(29)22(30)31)27-20(21-26-8-10-34-21)28-19(18)14-7-6-13(25)11-15(14)24/h6-8,10-11,17,19H,2-5,9,12H2,1H3,(H,27,28)(H,30,31). The Kier molecular flexibility index (Phi) is 7.74. The van der Waals surface area contributed by atoms with Crippen LogP contribution >= 0.6 is 27.3 Å². The predicted octanol–water partition coefficient (Wildman–Crippen LogP) is 3.89. The molecule has 1 fully saturated rings. The van der Waals surface area contributed by atoms with Gasteiger partial charge in [-0.15, -0.1) is 11.3 Å². The number of ether oxygens (including phenoxy) is 1. The second-order valence-electron chi connectivity index (χ2n) is 7.94. The molecule has 34 heavy (non-hydrogen) atoms. The van der Waals surface area contributed by atoms with Gasteiger partial charge in [-0.3, -0.25) is 14.7 Å². The molecule has 2 aliphatic rings. The molecule has 180 valence electrons. The summed E-state index contributed by atoms with van der Waals surface area (Å²) < 4.78 is 19.7. The van der Waals surface area contributed by atoms with Gasteiger partial charge in [0, 0.05) is 28.3 Å². The van der Waals surface area contributed by atoms with E-state index in [0.29, 0.717) is 39.5 Å². The molecule has 11 heteroatoms. The van der Waals surface area contributed by atoms with Crippen molar-refractivity contribution in [2.24, 2.45) is 4.99 Å². The molecule has 0 bridgehead atoms. The number of carbonyl (C=O) groups is 2. The zero-order chi connectivity index (χ0) is 24.2. The van der Waals surface area contributed by atoms with Crippen LogP contribution in [0.25, 0.3) is 0 Å². The molecule has 1 aromatic heterocycles. The molecule has 0 saturated carbocycles. The van der Waals surface area contributed by atoms with Crippen molar-refractivity contribution in [2.75, 3.05) is 19.7 Å². The monoisotopic (exact) mass is 550 g/mol. The van der Waals surface area contributed by atoms with Gasteiger partial charge in [0.05, 0.1) is 12.2 Å². The molecule has 2 N–H and O–H groups in total. The van der Waals surface area contributed by atoms with Crippen LogP contribution in [0.5, 0.6) is 0 Å². The SMILES string of the molecule is CCOC(=O)C1=C(CN2CCCCC2C(=O)O)NC(c2nccs2)=NC1c1ccc(F)cc1Br. The van der Waals surface area contributed by atoms with Crippen molar-refractivity contribution in [1.29, 1.82) is 0 Å². The summed E-state index contributed by atoms with van der Waals surface area (Å²) in [4.78, 5) is 36.1. The van der Waals surface area contributed by atoms with Crippen LogP contribution in [0, 0.1) is 5.82 Å². The number of likely N-dealkylation sites (tertiary alicyclic amines) is 1. The molecule has 4 rings (SSSR count). The Labute approximate surface area is 208 Å². The second-order valence-corrected chi connectivity index (χ2v) is 9.69. The highest BCUT2D eigenvalue weighted by atomic mass is 79.9. The highest BCUT2D eigenvalue weighted by molar-refractivity contribution is 9.10. The number of piperidine rings is 1. The van der Waals surface area contributed by atoms with E-state index in [1.165, 1.54) is 23.5 Å². The number of hydrogen-bond acceptors (Lipinski definition) is 8. The smallest absolute Gasteiger partial charge is 0.338 e. The third-order valence-corrected chi connectivity index (χ3v) is 7.24. The molecule has 2 atom stereocenters. The molecule has 2 unspecified atom stereocenters. The van der Waals surface area contributed by atoms with E-state index in [1.807, 2.05) is 10.3 Å². The summed E-state index contributed by atoms with van der Waals surface area (Å²) in [5, 5.41) is 15.4. The normalized spacial score (nSPS) is 21.1. The van der Waals surface area contributed by atoms with Crippen LogP contribution in [0.15, 0.2) is 50.5 Å². The maximum atomic E-state index is 13.8. The Morgan fingerprint density at radius 1 is 1.38 bits per heavy atom. The number of esters is 1. The van der Waals surface area contributed by atoms with Crippen molar-refractivity contribution in [3.05, 3.63) is 61.9 Å². The van der Waals surface area contributed by atoms with Crippen LogP contribution in [0.2, 0.25) is 0 Å². The largest absolute Gasteiger partial charge is 0.480 e. The van der Waals surface area contributed by atoms with E-state index in [4.69, 9.17) is 9.73 Å². The first kappa shape index (κ1) is 24.5. The minimum Gasteiger partial charge on any atom is -0.480 e. The number of rotatable bonds is 7. The van der Waals surface area contributed by atoms with E-state index in [1.54, 1.807) is 19.2 Å². The summed E-state index contributed by atoms with van der Waals surface area (Å²) in [7, 11) is 0. The van der Waals surface area contributed by atoms with Crippen molar-refractivity contribution in [3.8, 4) is 0 Å². The first-order valence-corrected chi connectivity index (χ1v) is 12.6. The first-order chi connectivity index (χ1) is 16.4. The summed E-state index contributed by atoms with van der Waals surface area (Å²) in [6, 6.07) is 2.77. The molecule has 8 nitrogen and oxygen atoms in total. The maximum Gasteiger partial charge on any atom is 0.338 e. The van der Waals surface area contributed by atoms with Gasteiger partial charge in [-0.25, -0.2) is 14.2 Å². The number of nitrogens with one attached hydrogen (secondary N) is 1. The van der Waals surface area contributed by atoms with Gasteiger partial charge in [-0.2, -0.15) is 0 Å². The number of aromatic nitrogens is 1. The number of hydrogen-bond donors (Lipinski definition) is 2. The van der Waals surface area contributed by atoms with Gasteiger partial charge in [0.1, 0.15) is 17.9 Å². The molecule has 1 saturated heterocycles. The third kappa shape index (κ3) is 5.21. The molecular weight excluding hydrogens is 527 g/mol. The fourth-order valence-electron chi connectivity index (χ4n) is 4.23. The molecule has 2 aliphatic heterocycles.